The van der Waals surface area contributed by atoms with Gasteiger partial charge in [-0.15, -0.1) is 0 Å². The summed E-state index contributed by atoms with van der Waals surface area (Å²) in [7, 11) is 0. The van der Waals surface area contributed by atoms with Gasteiger partial charge < -0.3 is 14.6 Å². The number of aryl methyl sites for hydroxylation is 1. The summed E-state index contributed by atoms with van der Waals surface area (Å²) in [5.41, 5.74) is 0.838. The Morgan fingerprint density at radius 3 is 2.91 bits per heavy atom. The first-order valence-electron chi connectivity index (χ1n) is 7.86. The molecule has 23 heavy (non-hydrogen) atoms. The summed E-state index contributed by atoms with van der Waals surface area (Å²) in [6.07, 6.45) is 4.73. The van der Waals surface area contributed by atoms with Gasteiger partial charge in [-0.05, 0) is 37.5 Å². The molecular weight excluding hydrogens is 297 g/mol. The number of aromatic nitrogens is 2. The molecule has 0 aliphatic carbocycles. The van der Waals surface area contributed by atoms with Gasteiger partial charge in [0.15, 0.2) is 5.82 Å². The molecule has 1 saturated heterocycles. The second-order valence-electron chi connectivity index (χ2n) is 5.64. The average molecular weight is 317 g/mol. The van der Waals surface area contributed by atoms with Crippen LogP contribution in [0.25, 0.3) is 0 Å². The largest absolute Gasteiger partial charge is 0.373 e. The smallest absolute Gasteiger partial charge is 0.293 e. The van der Waals surface area contributed by atoms with Crippen LogP contribution in [0, 0.1) is 5.82 Å². The van der Waals surface area contributed by atoms with E-state index in [1.165, 1.54) is 12.1 Å². The van der Waals surface area contributed by atoms with E-state index >= 15 is 0 Å². The Bertz CT molecular complexity index is 715. The third-order valence-electron chi connectivity index (χ3n) is 4.12. The molecule has 1 aliphatic heterocycles. The van der Waals surface area contributed by atoms with Gasteiger partial charge in [-0.1, -0.05) is 12.1 Å². The molecule has 1 fully saturated rings. The van der Waals surface area contributed by atoms with Gasteiger partial charge in [0.25, 0.3) is 5.56 Å². The highest BCUT2D eigenvalue weighted by Gasteiger charge is 2.24. The van der Waals surface area contributed by atoms with E-state index in [1.807, 2.05) is 6.92 Å². The second-order valence-corrected chi connectivity index (χ2v) is 5.64. The lowest BCUT2D eigenvalue weighted by Crippen LogP contribution is -2.34. The van der Waals surface area contributed by atoms with Crippen molar-refractivity contribution < 1.29 is 9.13 Å². The molecule has 2 aromatic rings. The number of rotatable bonds is 4. The first-order chi connectivity index (χ1) is 11.2. The first kappa shape index (κ1) is 15.7. The van der Waals surface area contributed by atoms with E-state index in [4.69, 9.17) is 4.74 Å². The SMILES string of the molecule is CCn1ccnc(NC2CCOC(c3ccc(F)cc3)C2)c1=O. The molecule has 0 amide bonds. The summed E-state index contributed by atoms with van der Waals surface area (Å²) in [5.74, 6) is 0.118. The Kier molecular flexibility index (Phi) is 4.71. The minimum atomic E-state index is -0.257. The van der Waals surface area contributed by atoms with Crippen LogP contribution in [0.1, 0.15) is 31.4 Å². The first-order valence-corrected chi connectivity index (χ1v) is 7.86. The molecule has 1 aromatic heterocycles. The lowest BCUT2D eigenvalue weighted by Gasteiger charge is -2.30. The summed E-state index contributed by atoms with van der Waals surface area (Å²) >= 11 is 0. The molecule has 1 aliphatic rings. The minimum Gasteiger partial charge on any atom is -0.373 e. The zero-order valence-corrected chi connectivity index (χ0v) is 13.0. The topological polar surface area (TPSA) is 56.1 Å². The van der Waals surface area contributed by atoms with Crippen molar-refractivity contribution in [3.63, 3.8) is 0 Å². The van der Waals surface area contributed by atoms with Crippen molar-refractivity contribution in [2.75, 3.05) is 11.9 Å². The predicted octanol–water partition coefficient (Wildman–Crippen LogP) is 2.73. The van der Waals surface area contributed by atoms with E-state index in [9.17, 15) is 9.18 Å². The molecule has 122 valence electrons. The molecule has 2 atom stereocenters. The van der Waals surface area contributed by atoms with Crippen LogP contribution in [0.2, 0.25) is 0 Å². The van der Waals surface area contributed by atoms with Crippen LogP contribution < -0.4 is 10.9 Å². The molecule has 0 spiro atoms. The lowest BCUT2D eigenvalue weighted by atomic mass is 9.97. The Balaban J connectivity index is 1.72. The van der Waals surface area contributed by atoms with Crippen LogP contribution in [-0.4, -0.2) is 22.2 Å². The van der Waals surface area contributed by atoms with Gasteiger partial charge in [-0.3, -0.25) is 4.79 Å². The lowest BCUT2D eigenvalue weighted by molar-refractivity contribution is 0.00968. The van der Waals surface area contributed by atoms with Gasteiger partial charge in [0, 0.05) is 31.6 Å². The summed E-state index contributed by atoms with van der Waals surface area (Å²) in [5, 5.41) is 3.24. The monoisotopic (exact) mass is 317 g/mol. The van der Waals surface area contributed by atoms with Gasteiger partial charge in [0.2, 0.25) is 0 Å². The zero-order chi connectivity index (χ0) is 16.2. The van der Waals surface area contributed by atoms with Gasteiger partial charge in [0.05, 0.1) is 6.10 Å². The third-order valence-corrected chi connectivity index (χ3v) is 4.12. The van der Waals surface area contributed by atoms with Crippen molar-refractivity contribution in [2.45, 2.75) is 38.5 Å². The van der Waals surface area contributed by atoms with Crippen molar-refractivity contribution in [2.24, 2.45) is 0 Å². The third kappa shape index (κ3) is 3.59. The number of benzene rings is 1. The molecule has 2 unspecified atom stereocenters. The van der Waals surface area contributed by atoms with Gasteiger partial charge >= 0.3 is 0 Å². The highest BCUT2D eigenvalue weighted by atomic mass is 19.1. The summed E-state index contributed by atoms with van der Waals surface area (Å²) in [4.78, 5) is 16.4. The fourth-order valence-electron chi connectivity index (χ4n) is 2.83. The molecule has 0 radical (unpaired) electrons. The van der Waals surface area contributed by atoms with Crippen LogP contribution in [0.3, 0.4) is 0 Å². The molecule has 0 saturated carbocycles. The molecule has 1 aromatic carbocycles. The fourth-order valence-corrected chi connectivity index (χ4v) is 2.83. The average Bonchev–Trinajstić information content (AvgIpc) is 2.58. The Labute approximate surface area is 134 Å². The number of nitrogens with zero attached hydrogens (tertiary/aromatic N) is 2. The minimum absolute atomic E-state index is 0.0982. The summed E-state index contributed by atoms with van der Waals surface area (Å²) < 4.78 is 20.4. The number of hydrogen-bond acceptors (Lipinski definition) is 4. The molecular formula is C17H20FN3O2. The second kappa shape index (κ2) is 6.91. The van der Waals surface area contributed by atoms with Crippen molar-refractivity contribution in [1.82, 2.24) is 9.55 Å². The van der Waals surface area contributed by atoms with Gasteiger partial charge in [-0.2, -0.15) is 0 Å². The number of nitrogens with one attached hydrogen (secondary N) is 1. The van der Waals surface area contributed by atoms with Crippen LogP contribution in [-0.2, 0) is 11.3 Å². The molecule has 0 bridgehead atoms. The maximum atomic E-state index is 13.0. The van der Waals surface area contributed by atoms with Crippen molar-refractivity contribution >= 4 is 5.82 Å². The normalized spacial score (nSPS) is 21.1. The highest BCUT2D eigenvalue weighted by molar-refractivity contribution is 5.33. The summed E-state index contributed by atoms with van der Waals surface area (Å²) in [6, 6.07) is 6.47. The van der Waals surface area contributed by atoms with Crippen LogP contribution in [0.5, 0.6) is 0 Å². The number of ether oxygens (including phenoxy) is 1. The van der Waals surface area contributed by atoms with E-state index in [1.54, 1.807) is 29.1 Å². The quantitative estimate of drug-likeness (QED) is 0.942. The number of anilines is 1. The molecule has 6 heteroatoms. The standard InChI is InChI=1S/C17H20FN3O2/c1-2-21-9-8-19-16(17(21)22)20-14-7-10-23-15(11-14)12-3-5-13(18)6-4-12/h3-6,8-9,14-15H,2,7,10-11H2,1H3,(H,19,20). The van der Waals surface area contributed by atoms with Crippen molar-refractivity contribution in [3.8, 4) is 0 Å². The van der Waals surface area contributed by atoms with E-state index < -0.39 is 0 Å². The van der Waals surface area contributed by atoms with Gasteiger partial charge in [-0.25, -0.2) is 9.37 Å². The van der Waals surface area contributed by atoms with Crippen molar-refractivity contribution in [3.05, 3.63) is 58.4 Å². The van der Waals surface area contributed by atoms with E-state index in [0.29, 0.717) is 25.4 Å². The zero-order valence-electron chi connectivity index (χ0n) is 13.0. The predicted molar refractivity (Wildman–Crippen MR) is 85.9 cm³/mol. The van der Waals surface area contributed by atoms with Crippen LogP contribution in [0.4, 0.5) is 10.2 Å². The Morgan fingerprint density at radius 2 is 2.17 bits per heavy atom. The van der Waals surface area contributed by atoms with Crippen LogP contribution in [0.15, 0.2) is 41.5 Å². The molecule has 5 nitrogen and oxygen atoms in total. The van der Waals surface area contributed by atoms with E-state index in [0.717, 1.165) is 12.0 Å². The number of halogens is 1. The Hall–Kier alpha value is -2.21. The molecule has 1 N–H and O–H groups in total. The molecule has 3 rings (SSSR count). The van der Waals surface area contributed by atoms with Gasteiger partial charge in [0.1, 0.15) is 5.82 Å². The number of hydrogen-bond donors (Lipinski definition) is 1. The van der Waals surface area contributed by atoms with Crippen LogP contribution >= 0.6 is 0 Å². The summed E-state index contributed by atoms with van der Waals surface area (Å²) in [6.45, 7) is 3.13. The molecule has 2 heterocycles. The van der Waals surface area contributed by atoms with Crippen molar-refractivity contribution in [1.29, 1.82) is 0 Å². The Morgan fingerprint density at radius 1 is 1.39 bits per heavy atom. The van der Waals surface area contributed by atoms with E-state index in [2.05, 4.69) is 10.3 Å². The highest BCUT2D eigenvalue weighted by Crippen LogP contribution is 2.29. The maximum absolute atomic E-state index is 13.0. The van der Waals surface area contributed by atoms with E-state index in [-0.39, 0.29) is 23.5 Å². The maximum Gasteiger partial charge on any atom is 0.293 e. The fraction of sp³-hybridized carbons (Fsp3) is 0.412.